The van der Waals surface area contributed by atoms with Gasteiger partial charge in [0.1, 0.15) is 0 Å². The van der Waals surface area contributed by atoms with Gasteiger partial charge in [-0.1, -0.05) is 13.8 Å². The highest BCUT2D eigenvalue weighted by Crippen LogP contribution is 2.28. The van der Waals surface area contributed by atoms with Crippen molar-refractivity contribution >= 4 is 0 Å². The van der Waals surface area contributed by atoms with Gasteiger partial charge in [-0.25, -0.2) is 0 Å². The molecule has 1 aliphatic heterocycles. The molecule has 0 saturated carbocycles. The second kappa shape index (κ2) is 6.17. The average molecular weight is 242 g/mol. The monoisotopic (exact) mass is 242 g/mol. The topological polar surface area (TPSA) is 26.7 Å². The summed E-state index contributed by atoms with van der Waals surface area (Å²) in [6.45, 7) is 12.6. The smallest absolute Gasteiger partial charge is 0.0499 e. The number of hydrogen-bond acceptors (Lipinski definition) is 3. The van der Waals surface area contributed by atoms with E-state index in [1.165, 1.54) is 0 Å². The van der Waals surface area contributed by atoms with Crippen LogP contribution in [-0.4, -0.2) is 60.3 Å². The van der Waals surface area contributed by atoms with Crippen LogP contribution in [-0.2, 0) is 0 Å². The first kappa shape index (κ1) is 14.9. The normalized spacial score (nSPS) is 28.6. The number of hydrogen-bond donors (Lipinski definition) is 1. The molecule has 1 fully saturated rings. The maximum absolute atomic E-state index is 9.65. The van der Waals surface area contributed by atoms with Gasteiger partial charge in [-0.05, 0) is 33.7 Å². The molecule has 0 spiro atoms. The van der Waals surface area contributed by atoms with E-state index in [1.807, 2.05) is 0 Å². The van der Waals surface area contributed by atoms with Gasteiger partial charge in [-0.2, -0.15) is 0 Å². The molecule has 0 aromatic heterocycles. The summed E-state index contributed by atoms with van der Waals surface area (Å²) in [7, 11) is 2.21. The lowest BCUT2D eigenvalue weighted by Gasteiger charge is -2.45. The first-order valence-corrected chi connectivity index (χ1v) is 7.03. The minimum atomic E-state index is 0.106. The fourth-order valence-electron chi connectivity index (χ4n) is 2.86. The summed E-state index contributed by atoms with van der Waals surface area (Å²) >= 11 is 0. The van der Waals surface area contributed by atoms with Gasteiger partial charge in [-0.15, -0.1) is 0 Å². The molecule has 17 heavy (non-hydrogen) atoms. The van der Waals surface area contributed by atoms with Crippen LogP contribution < -0.4 is 0 Å². The molecule has 1 heterocycles. The maximum atomic E-state index is 9.65. The second-order valence-corrected chi connectivity index (χ2v) is 5.92. The summed E-state index contributed by atoms with van der Waals surface area (Å²) in [6.07, 6.45) is 2.13. The first-order chi connectivity index (χ1) is 7.98. The Morgan fingerprint density at radius 2 is 1.59 bits per heavy atom. The molecule has 3 nitrogen and oxygen atoms in total. The van der Waals surface area contributed by atoms with Gasteiger partial charge in [0.25, 0.3) is 0 Å². The van der Waals surface area contributed by atoms with Crippen molar-refractivity contribution in [2.45, 2.75) is 52.6 Å². The SMILES string of the molecule is CCC(CC)(CO)CN1CC(C)N(C)C(C)C1. The van der Waals surface area contributed by atoms with Crippen LogP contribution in [0.1, 0.15) is 40.5 Å². The number of rotatable bonds is 5. The number of nitrogens with zero attached hydrogens (tertiary/aromatic N) is 2. The summed E-state index contributed by atoms with van der Waals surface area (Å²) < 4.78 is 0. The predicted octanol–water partition coefficient (Wildman–Crippen LogP) is 1.81. The van der Waals surface area contributed by atoms with Crippen LogP contribution in [0.3, 0.4) is 0 Å². The van der Waals surface area contributed by atoms with Crippen molar-refractivity contribution in [2.24, 2.45) is 5.41 Å². The standard InChI is InChI=1S/C14H30N2O/c1-6-14(7-2,11-17)10-16-8-12(3)15(5)13(4)9-16/h12-13,17H,6-11H2,1-5H3. The van der Waals surface area contributed by atoms with Crippen molar-refractivity contribution in [3.05, 3.63) is 0 Å². The third-order valence-corrected chi connectivity index (χ3v) is 4.83. The van der Waals surface area contributed by atoms with E-state index in [2.05, 4.69) is 44.5 Å². The molecule has 0 bridgehead atoms. The zero-order valence-corrected chi connectivity index (χ0v) is 12.2. The van der Waals surface area contributed by atoms with E-state index in [0.29, 0.717) is 18.7 Å². The van der Waals surface area contributed by atoms with E-state index in [0.717, 1.165) is 32.5 Å². The number of likely N-dealkylation sites (N-methyl/N-ethyl adjacent to an activating group) is 1. The Kier molecular flexibility index (Phi) is 5.42. The average Bonchev–Trinajstić information content (AvgIpc) is 2.33. The second-order valence-electron chi connectivity index (χ2n) is 5.92. The largest absolute Gasteiger partial charge is 0.396 e. The molecule has 1 rings (SSSR count). The molecule has 102 valence electrons. The highest BCUT2D eigenvalue weighted by molar-refractivity contribution is 4.87. The number of aliphatic hydroxyl groups excluding tert-OH is 1. The molecule has 0 aliphatic carbocycles. The minimum Gasteiger partial charge on any atom is -0.396 e. The lowest BCUT2D eigenvalue weighted by molar-refractivity contribution is 0.00832. The highest BCUT2D eigenvalue weighted by Gasteiger charge is 2.33. The zero-order chi connectivity index (χ0) is 13.1. The zero-order valence-electron chi connectivity index (χ0n) is 12.2. The fraction of sp³-hybridized carbons (Fsp3) is 1.00. The van der Waals surface area contributed by atoms with E-state index in [4.69, 9.17) is 0 Å². The van der Waals surface area contributed by atoms with Gasteiger partial charge in [0.15, 0.2) is 0 Å². The van der Waals surface area contributed by atoms with Crippen LogP contribution in [0.15, 0.2) is 0 Å². The lowest BCUT2D eigenvalue weighted by atomic mass is 9.82. The van der Waals surface area contributed by atoms with Crippen molar-refractivity contribution in [3.63, 3.8) is 0 Å². The number of piperazine rings is 1. The molecule has 2 unspecified atom stereocenters. The van der Waals surface area contributed by atoms with Gasteiger partial charge in [0, 0.05) is 43.7 Å². The molecule has 2 atom stereocenters. The Labute approximate surface area is 107 Å². The summed E-state index contributed by atoms with van der Waals surface area (Å²) in [5.41, 5.74) is 0.106. The minimum absolute atomic E-state index is 0.106. The van der Waals surface area contributed by atoms with E-state index < -0.39 is 0 Å². The van der Waals surface area contributed by atoms with Crippen molar-refractivity contribution in [1.82, 2.24) is 9.80 Å². The van der Waals surface area contributed by atoms with Gasteiger partial charge in [0.05, 0.1) is 0 Å². The summed E-state index contributed by atoms with van der Waals surface area (Å²) in [6, 6.07) is 1.23. The van der Waals surface area contributed by atoms with Crippen molar-refractivity contribution in [1.29, 1.82) is 0 Å². The molecule has 1 saturated heterocycles. The summed E-state index contributed by atoms with van der Waals surface area (Å²) in [5.74, 6) is 0. The molecule has 0 amide bonds. The van der Waals surface area contributed by atoms with Crippen molar-refractivity contribution in [3.8, 4) is 0 Å². The Balaban J connectivity index is 2.62. The van der Waals surface area contributed by atoms with E-state index in [9.17, 15) is 5.11 Å². The molecule has 3 heteroatoms. The molecular formula is C14H30N2O. The van der Waals surface area contributed by atoms with Gasteiger partial charge in [0.2, 0.25) is 0 Å². The predicted molar refractivity (Wildman–Crippen MR) is 73.2 cm³/mol. The molecule has 0 aromatic rings. The van der Waals surface area contributed by atoms with Crippen LogP contribution in [0.5, 0.6) is 0 Å². The Morgan fingerprint density at radius 1 is 1.12 bits per heavy atom. The third-order valence-electron chi connectivity index (χ3n) is 4.83. The van der Waals surface area contributed by atoms with E-state index >= 15 is 0 Å². The van der Waals surface area contributed by atoms with E-state index in [-0.39, 0.29) is 5.41 Å². The van der Waals surface area contributed by atoms with Crippen LogP contribution in [0.4, 0.5) is 0 Å². The Bertz CT molecular complexity index is 208. The van der Waals surface area contributed by atoms with Crippen LogP contribution in [0.25, 0.3) is 0 Å². The molecule has 0 aromatic carbocycles. The molecular weight excluding hydrogens is 212 g/mol. The molecule has 1 N–H and O–H groups in total. The summed E-state index contributed by atoms with van der Waals surface area (Å²) in [5, 5.41) is 9.65. The van der Waals surface area contributed by atoms with Gasteiger partial charge in [-0.3, -0.25) is 9.80 Å². The van der Waals surface area contributed by atoms with Gasteiger partial charge >= 0.3 is 0 Å². The van der Waals surface area contributed by atoms with Crippen molar-refractivity contribution in [2.75, 3.05) is 33.3 Å². The van der Waals surface area contributed by atoms with Crippen LogP contribution >= 0.6 is 0 Å². The third kappa shape index (κ3) is 3.43. The summed E-state index contributed by atoms with van der Waals surface area (Å²) in [4.78, 5) is 4.99. The first-order valence-electron chi connectivity index (χ1n) is 7.03. The Morgan fingerprint density at radius 3 is 1.94 bits per heavy atom. The molecule has 0 radical (unpaired) electrons. The van der Waals surface area contributed by atoms with Crippen molar-refractivity contribution < 1.29 is 5.11 Å². The lowest BCUT2D eigenvalue weighted by Crippen LogP contribution is -2.57. The van der Waals surface area contributed by atoms with Crippen LogP contribution in [0.2, 0.25) is 0 Å². The maximum Gasteiger partial charge on any atom is 0.0499 e. The Hall–Kier alpha value is -0.120. The number of aliphatic hydroxyl groups is 1. The van der Waals surface area contributed by atoms with E-state index in [1.54, 1.807) is 0 Å². The van der Waals surface area contributed by atoms with Gasteiger partial charge < -0.3 is 5.11 Å². The quantitative estimate of drug-likeness (QED) is 0.796. The molecule has 1 aliphatic rings. The highest BCUT2D eigenvalue weighted by atomic mass is 16.3. The fourth-order valence-corrected chi connectivity index (χ4v) is 2.86. The van der Waals surface area contributed by atoms with Crippen LogP contribution in [0, 0.1) is 5.41 Å².